The first-order chi connectivity index (χ1) is 11.6. The molecule has 0 atom stereocenters. The van der Waals surface area contributed by atoms with Crippen LogP contribution < -0.4 is 0 Å². The minimum absolute atomic E-state index is 0.0116. The zero-order valence-corrected chi connectivity index (χ0v) is 15.5. The van der Waals surface area contributed by atoms with Gasteiger partial charge in [0.15, 0.2) is 14.6 Å². The van der Waals surface area contributed by atoms with Crippen molar-refractivity contribution in [1.82, 2.24) is 4.90 Å². The fourth-order valence-corrected chi connectivity index (χ4v) is 7.62. The van der Waals surface area contributed by atoms with Crippen molar-refractivity contribution in [2.45, 2.75) is 112 Å². The Morgan fingerprint density at radius 3 is 1.75 bits per heavy atom. The molecule has 0 spiro atoms. The fraction of sp³-hybridized carbons (Fsp3) is 0.947. The standard InChI is InChI=1S/C19H31NO3S/c21-18(20(16-11-12-16)15-7-3-1-4-8-15)19(13-14-19)24(22,23)17-9-5-2-6-10-17/h15-17H,1-14H2. The summed E-state index contributed by atoms with van der Waals surface area (Å²) >= 11 is 0. The molecule has 0 radical (unpaired) electrons. The minimum Gasteiger partial charge on any atom is -0.335 e. The van der Waals surface area contributed by atoms with Gasteiger partial charge in [0.1, 0.15) is 0 Å². The predicted octanol–water partition coefficient (Wildman–Crippen LogP) is 3.59. The summed E-state index contributed by atoms with van der Waals surface area (Å²) in [7, 11) is -3.33. The van der Waals surface area contributed by atoms with E-state index < -0.39 is 14.6 Å². The Labute approximate surface area is 146 Å². The van der Waals surface area contributed by atoms with Gasteiger partial charge in [-0.15, -0.1) is 0 Å². The maximum atomic E-state index is 13.4. The molecule has 136 valence electrons. The van der Waals surface area contributed by atoms with E-state index >= 15 is 0 Å². The lowest BCUT2D eigenvalue weighted by molar-refractivity contribution is -0.135. The molecule has 5 heteroatoms. The molecule has 0 aromatic rings. The van der Waals surface area contributed by atoms with Gasteiger partial charge in [0, 0.05) is 12.1 Å². The predicted molar refractivity (Wildman–Crippen MR) is 94.5 cm³/mol. The van der Waals surface area contributed by atoms with Crippen molar-refractivity contribution in [1.29, 1.82) is 0 Å². The van der Waals surface area contributed by atoms with Gasteiger partial charge in [0.25, 0.3) is 0 Å². The summed E-state index contributed by atoms with van der Waals surface area (Å²) in [6.07, 6.45) is 13.7. The molecular weight excluding hydrogens is 322 g/mol. The van der Waals surface area contributed by atoms with Crippen LogP contribution in [-0.2, 0) is 14.6 Å². The quantitative estimate of drug-likeness (QED) is 0.759. The Balaban J connectivity index is 1.57. The third-order valence-corrected chi connectivity index (χ3v) is 9.79. The fourth-order valence-electron chi connectivity index (χ4n) is 5.01. The van der Waals surface area contributed by atoms with Crippen molar-refractivity contribution in [2.24, 2.45) is 0 Å². The molecule has 0 bridgehead atoms. The molecule has 0 saturated heterocycles. The van der Waals surface area contributed by atoms with E-state index in [1.54, 1.807) is 0 Å². The van der Waals surface area contributed by atoms with Gasteiger partial charge in [-0.3, -0.25) is 4.79 Å². The van der Waals surface area contributed by atoms with E-state index in [9.17, 15) is 13.2 Å². The summed E-state index contributed by atoms with van der Waals surface area (Å²) in [5.74, 6) is -0.0116. The van der Waals surface area contributed by atoms with Crippen molar-refractivity contribution in [3.05, 3.63) is 0 Å². The second kappa shape index (κ2) is 6.30. The Morgan fingerprint density at radius 2 is 1.25 bits per heavy atom. The molecule has 4 saturated carbocycles. The molecule has 1 amide bonds. The molecule has 4 fully saturated rings. The zero-order valence-electron chi connectivity index (χ0n) is 14.7. The van der Waals surface area contributed by atoms with E-state index in [1.807, 2.05) is 0 Å². The van der Waals surface area contributed by atoms with E-state index in [1.165, 1.54) is 19.3 Å². The van der Waals surface area contributed by atoms with Gasteiger partial charge < -0.3 is 4.90 Å². The maximum Gasteiger partial charge on any atom is 0.244 e. The number of hydrogen-bond donors (Lipinski definition) is 0. The van der Waals surface area contributed by atoms with Crippen LogP contribution in [0.4, 0.5) is 0 Å². The second-order valence-electron chi connectivity index (χ2n) is 8.53. The van der Waals surface area contributed by atoms with Crippen LogP contribution in [0.1, 0.15) is 89.9 Å². The summed E-state index contributed by atoms with van der Waals surface area (Å²) in [5, 5.41) is -0.259. The molecule has 4 nitrogen and oxygen atoms in total. The first-order valence-corrected chi connectivity index (χ1v) is 11.7. The maximum absolute atomic E-state index is 13.4. The van der Waals surface area contributed by atoms with Crippen molar-refractivity contribution in [2.75, 3.05) is 0 Å². The average molecular weight is 354 g/mol. The number of hydrogen-bond acceptors (Lipinski definition) is 3. The highest BCUT2D eigenvalue weighted by Gasteiger charge is 2.65. The summed E-state index contributed by atoms with van der Waals surface area (Å²) in [6.45, 7) is 0. The van der Waals surface area contributed by atoms with E-state index in [0.717, 1.165) is 57.8 Å². The van der Waals surface area contributed by atoms with E-state index in [4.69, 9.17) is 0 Å². The number of sulfone groups is 1. The molecule has 4 aliphatic carbocycles. The SMILES string of the molecule is O=C(N(C1CCCCC1)C1CC1)C1(S(=O)(=O)C2CCCCC2)CC1. The van der Waals surface area contributed by atoms with E-state index in [0.29, 0.717) is 24.9 Å². The van der Waals surface area contributed by atoms with Crippen LogP contribution in [-0.4, -0.2) is 41.3 Å². The minimum atomic E-state index is -3.33. The second-order valence-corrected chi connectivity index (χ2v) is 11.1. The lowest BCUT2D eigenvalue weighted by Crippen LogP contribution is -2.53. The Bertz CT molecular complexity index is 580. The first-order valence-electron chi connectivity index (χ1n) is 10.1. The molecule has 0 aliphatic heterocycles. The highest BCUT2D eigenvalue weighted by Crippen LogP contribution is 2.51. The topological polar surface area (TPSA) is 54.5 Å². The van der Waals surface area contributed by atoms with Crippen LogP contribution in [0.5, 0.6) is 0 Å². The van der Waals surface area contributed by atoms with Crippen LogP contribution in [0.25, 0.3) is 0 Å². The molecule has 4 aliphatic rings. The van der Waals surface area contributed by atoms with Crippen LogP contribution >= 0.6 is 0 Å². The smallest absolute Gasteiger partial charge is 0.244 e. The average Bonchev–Trinajstić information content (AvgIpc) is 3.50. The summed E-state index contributed by atoms with van der Waals surface area (Å²) < 4.78 is 25.6. The number of rotatable bonds is 5. The molecule has 0 aromatic carbocycles. The van der Waals surface area contributed by atoms with Gasteiger partial charge in [-0.1, -0.05) is 38.5 Å². The molecule has 4 rings (SSSR count). The Morgan fingerprint density at radius 1 is 0.750 bits per heavy atom. The summed E-state index contributed by atoms with van der Waals surface area (Å²) in [5.41, 5.74) is 0. The number of amides is 1. The number of carbonyl (C=O) groups excluding carboxylic acids is 1. The van der Waals surface area contributed by atoms with Crippen molar-refractivity contribution in [3.63, 3.8) is 0 Å². The van der Waals surface area contributed by atoms with Gasteiger partial charge >= 0.3 is 0 Å². The van der Waals surface area contributed by atoms with E-state index in [-0.39, 0.29) is 11.2 Å². The van der Waals surface area contributed by atoms with Crippen LogP contribution in [0.15, 0.2) is 0 Å². The van der Waals surface area contributed by atoms with Gasteiger partial charge in [0.2, 0.25) is 5.91 Å². The lowest BCUT2D eigenvalue weighted by atomic mass is 9.93. The van der Waals surface area contributed by atoms with Crippen LogP contribution in [0.3, 0.4) is 0 Å². The van der Waals surface area contributed by atoms with Crippen LogP contribution in [0.2, 0.25) is 0 Å². The van der Waals surface area contributed by atoms with E-state index in [2.05, 4.69) is 4.90 Å². The molecule has 0 N–H and O–H groups in total. The highest BCUT2D eigenvalue weighted by molar-refractivity contribution is 7.94. The highest BCUT2D eigenvalue weighted by atomic mass is 32.2. The van der Waals surface area contributed by atoms with Crippen LogP contribution in [0, 0.1) is 0 Å². The van der Waals surface area contributed by atoms with Gasteiger partial charge in [-0.2, -0.15) is 0 Å². The van der Waals surface area contributed by atoms with Crippen molar-refractivity contribution in [3.8, 4) is 0 Å². The summed E-state index contributed by atoms with van der Waals surface area (Å²) in [4.78, 5) is 15.5. The van der Waals surface area contributed by atoms with Gasteiger partial charge in [-0.05, 0) is 51.4 Å². The monoisotopic (exact) mass is 353 g/mol. The van der Waals surface area contributed by atoms with Gasteiger partial charge in [0.05, 0.1) is 5.25 Å². The molecule has 0 unspecified atom stereocenters. The molecule has 0 aromatic heterocycles. The summed E-state index contributed by atoms with van der Waals surface area (Å²) in [6, 6.07) is 0.636. The lowest BCUT2D eigenvalue weighted by Gasteiger charge is -2.38. The van der Waals surface area contributed by atoms with Gasteiger partial charge in [-0.25, -0.2) is 8.42 Å². The molecular formula is C19H31NO3S. The number of nitrogens with zero attached hydrogens (tertiary/aromatic N) is 1. The molecule has 0 heterocycles. The third-order valence-electron chi connectivity index (χ3n) is 6.77. The zero-order chi connectivity index (χ0) is 16.8. The van der Waals surface area contributed by atoms with Crippen molar-refractivity contribution >= 4 is 15.7 Å². The van der Waals surface area contributed by atoms with Crippen molar-refractivity contribution < 1.29 is 13.2 Å². The first kappa shape index (κ1) is 16.9. The Hall–Kier alpha value is -0.580. The number of carbonyl (C=O) groups is 1. The third kappa shape index (κ3) is 2.81. The normalized spacial score (nSPS) is 28.5. The Kier molecular flexibility index (Phi) is 4.42. The molecule has 24 heavy (non-hydrogen) atoms. The largest absolute Gasteiger partial charge is 0.335 e.